The van der Waals surface area contributed by atoms with Gasteiger partial charge in [0.15, 0.2) is 0 Å². The van der Waals surface area contributed by atoms with E-state index in [-0.39, 0.29) is 5.91 Å². The van der Waals surface area contributed by atoms with Gasteiger partial charge in [0, 0.05) is 23.8 Å². The van der Waals surface area contributed by atoms with Crippen LogP contribution in [0.5, 0.6) is 0 Å². The normalized spacial score (nSPS) is 12.0. The molecule has 1 aliphatic rings. The van der Waals surface area contributed by atoms with Crippen LogP contribution < -0.4 is 0 Å². The van der Waals surface area contributed by atoms with Crippen molar-refractivity contribution >= 4 is 16.9 Å². The molecular weight excluding hydrogens is 552 g/mol. The van der Waals surface area contributed by atoms with E-state index in [1.807, 2.05) is 47.0 Å². The first kappa shape index (κ1) is 27.0. The van der Waals surface area contributed by atoms with Crippen molar-refractivity contribution < 1.29 is 9.53 Å². The molecule has 0 spiro atoms. The van der Waals surface area contributed by atoms with E-state index >= 15 is 0 Å². The lowest BCUT2D eigenvalue weighted by atomic mass is 9.77. The second-order valence-electron chi connectivity index (χ2n) is 11.4. The van der Waals surface area contributed by atoms with E-state index in [0.717, 1.165) is 73.1 Å². The Hall–Kier alpha value is -5.58. The van der Waals surface area contributed by atoms with Crippen LogP contribution in [-0.2, 0) is 11.2 Å². The number of ether oxygens (including phenoxy) is 1. The van der Waals surface area contributed by atoms with E-state index in [4.69, 9.17) is 9.72 Å². The molecule has 1 aliphatic heterocycles. The molecule has 0 saturated heterocycles. The number of nitrogens with zero attached hydrogens (tertiary/aromatic N) is 2. The number of imidazole rings is 1. The Balaban J connectivity index is 1.58. The monoisotopic (exact) mass is 582 g/mol. The summed E-state index contributed by atoms with van der Waals surface area (Å²) in [4.78, 5) is 20.1. The minimum atomic E-state index is -0.0556. The molecule has 4 heteroatoms. The van der Waals surface area contributed by atoms with Gasteiger partial charge < -0.3 is 4.74 Å². The summed E-state index contributed by atoms with van der Waals surface area (Å²) >= 11 is 0. The summed E-state index contributed by atoms with van der Waals surface area (Å²) in [6, 6.07) is 47.9. The molecule has 0 unspecified atom stereocenters. The Labute approximate surface area is 262 Å². The van der Waals surface area contributed by atoms with Crippen LogP contribution in [0.15, 0.2) is 140 Å². The van der Waals surface area contributed by atoms with Crippen LogP contribution in [-0.4, -0.2) is 29.2 Å². The average molecular weight is 583 g/mol. The van der Waals surface area contributed by atoms with Crippen LogP contribution in [0, 0.1) is 0 Å². The Morgan fingerprint density at radius 2 is 1.00 bits per heavy atom. The molecule has 0 atom stereocenters. The molecule has 2 heterocycles. The topological polar surface area (TPSA) is 44.1 Å². The number of carbonyl (C=O) groups excluding carboxylic acids is 1. The van der Waals surface area contributed by atoms with E-state index in [1.165, 1.54) is 0 Å². The van der Waals surface area contributed by atoms with Gasteiger partial charge in [-0.2, -0.15) is 0 Å². The molecule has 1 aromatic heterocycles. The molecule has 0 radical (unpaired) electrons. The first-order valence-electron chi connectivity index (χ1n) is 15.3. The smallest absolute Gasteiger partial charge is 0.265 e. The predicted molar refractivity (Wildman–Crippen MR) is 182 cm³/mol. The number of fused-ring (bicyclic) bond motifs is 5. The maximum atomic E-state index is 14.9. The SMILES string of the molecule is COCCc1ccc2c(c1)nc1n2C(=O)c2c(-c3ccccc3)c(-c3ccccc3)c(-c3ccccc3)c(-c3ccccc3)c2-1. The lowest BCUT2D eigenvalue weighted by Crippen LogP contribution is -2.09. The molecule has 0 amide bonds. The molecule has 0 N–H and O–H groups in total. The highest BCUT2D eigenvalue weighted by molar-refractivity contribution is 6.24. The molecule has 0 bridgehead atoms. The molecule has 0 saturated carbocycles. The van der Waals surface area contributed by atoms with E-state index in [9.17, 15) is 4.79 Å². The summed E-state index contributed by atoms with van der Waals surface area (Å²) < 4.78 is 7.15. The third-order valence-corrected chi connectivity index (χ3v) is 8.70. The van der Waals surface area contributed by atoms with Gasteiger partial charge in [-0.1, -0.05) is 127 Å². The van der Waals surface area contributed by atoms with Crippen LogP contribution in [0.3, 0.4) is 0 Å². The Kier molecular flexibility index (Phi) is 6.70. The van der Waals surface area contributed by atoms with Crippen molar-refractivity contribution in [2.24, 2.45) is 0 Å². The van der Waals surface area contributed by atoms with Crippen molar-refractivity contribution in [3.63, 3.8) is 0 Å². The van der Waals surface area contributed by atoms with Crippen LogP contribution in [0.2, 0.25) is 0 Å². The molecule has 216 valence electrons. The summed E-state index contributed by atoms with van der Waals surface area (Å²) in [6.07, 6.45) is 0.783. The maximum Gasteiger partial charge on any atom is 0.265 e. The number of benzene rings is 6. The second-order valence-corrected chi connectivity index (χ2v) is 11.4. The zero-order valence-corrected chi connectivity index (χ0v) is 24.9. The summed E-state index contributed by atoms with van der Waals surface area (Å²) in [5, 5.41) is 0. The third kappa shape index (κ3) is 4.42. The van der Waals surface area contributed by atoms with Crippen molar-refractivity contribution in [2.45, 2.75) is 6.42 Å². The highest BCUT2D eigenvalue weighted by Gasteiger charge is 2.39. The largest absolute Gasteiger partial charge is 0.384 e. The van der Waals surface area contributed by atoms with Crippen LogP contribution >= 0.6 is 0 Å². The summed E-state index contributed by atoms with van der Waals surface area (Å²) in [5.74, 6) is 0.627. The number of hydrogen-bond donors (Lipinski definition) is 0. The minimum absolute atomic E-state index is 0.0556. The van der Waals surface area contributed by atoms with E-state index in [2.05, 4.69) is 97.1 Å². The first-order chi connectivity index (χ1) is 22.2. The van der Waals surface area contributed by atoms with Gasteiger partial charge in [-0.15, -0.1) is 0 Å². The fourth-order valence-corrected chi connectivity index (χ4v) is 6.75. The number of carbonyl (C=O) groups is 1. The zero-order valence-electron chi connectivity index (χ0n) is 24.9. The number of hydrogen-bond acceptors (Lipinski definition) is 3. The lowest BCUT2D eigenvalue weighted by Gasteiger charge is -2.24. The number of rotatable bonds is 7. The molecule has 0 aliphatic carbocycles. The predicted octanol–water partition coefficient (Wildman–Crippen LogP) is 9.56. The van der Waals surface area contributed by atoms with Crippen LogP contribution in [0.1, 0.15) is 15.9 Å². The second kappa shape index (κ2) is 11.2. The lowest BCUT2D eigenvalue weighted by molar-refractivity contribution is 0.0974. The van der Waals surface area contributed by atoms with Crippen molar-refractivity contribution in [3.05, 3.63) is 151 Å². The van der Waals surface area contributed by atoms with E-state index < -0.39 is 0 Å². The fraction of sp³-hybridized carbons (Fsp3) is 0.0732. The number of aromatic nitrogens is 2. The van der Waals surface area contributed by atoms with Crippen molar-refractivity contribution in [3.8, 4) is 55.9 Å². The highest BCUT2D eigenvalue weighted by atomic mass is 16.5. The van der Waals surface area contributed by atoms with Crippen molar-refractivity contribution in [2.75, 3.05) is 13.7 Å². The van der Waals surface area contributed by atoms with Gasteiger partial charge in [0.05, 0.1) is 23.2 Å². The van der Waals surface area contributed by atoms with Gasteiger partial charge in [-0.25, -0.2) is 4.98 Å². The zero-order chi connectivity index (χ0) is 30.3. The minimum Gasteiger partial charge on any atom is -0.384 e. The molecular formula is C41H30N2O2. The molecule has 0 fully saturated rings. The molecule has 7 aromatic rings. The quantitative estimate of drug-likeness (QED) is 0.188. The van der Waals surface area contributed by atoms with Gasteiger partial charge >= 0.3 is 0 Å². The fourth-order valence-electron chi connectivity index (χ4n) is 6.75. The van der Waals surface area contributed by atoms with Gasteiger partial charge in [0.2, 0.25) is 0 Å². The Morgan fingerprint density at radius 3 is 1.47 bits per heavy atom. The van der Waals surface area contributed by atoms with Crippen molar-refractivity contribution in [1.29, 1.82) is 0 Å². The van der Waals surface area contributed by atoms with Crippen LogP contribution in [0.25, 0.3) is 66.9 Å². The van der Waals surface area contributed by atoms with E-state index in [0.29, 0.717) is 18.0 Å². The van der Waals surface area contributed by atoms with Gasteiger partial charge in [-0.05, 0) is 57.5 Å². The molecule has 4 nitrogen and oxygen atoms in total. The maximum absolute atomic E-state index is 14.9. The molecule has 45 heavy (non-hydrogen) atoms. The Morgan fingerprint density at radius 1 is 0.556 bits per heavy atom. The summed E-state index contributed by atoms with van der Waals surface area (Å²) in [6.45, 7) is 0.627. The highest BCUT2D eigenvalue weighted by Crippen LogP contribution is 2.55. The molecule has 8 rings (SSSR count). The third-order valence-electron chi connectivity index (χ3n) is 8.70. The van der Waals surface area contributed by atoms with Gasteiger partial charge in [0.25, 0.3) is 5.91 Å². The van der Waals surface area contributed by atoms with Crippen LogP contribution in [0.4, 0.5) is 0 Å². The number of methoxy groups -OCH3 is 1. The summed E-state index contributed by atoms with van der Waals surface area (Å²) in [5.41, 5.74) is 12.5. The first-order valence-corrected chi connectivity index (χ1v) is 15.3. The summed E-state index contributed by atoms with van der Waals surface area (Å²) in [7, 11) is 1.71. The Bertz CT molecular complexity index is 2190. The van der Waals surface area contributed by atoms with Gasteiger partial charge in [-0.3, -0.25) is 9.36 Å². The van der Waals surface area contributed by atoms with Gasteiger partial charge in [0.1, 0.15) is 5.82 Å². The van der Waals surface area contributed by atoms with E-state index in [1.54, 1.807) is 7.11 Å². The molecule has 6 aromatic carbocycles. The average Bonchev–Trinajstić information content (AvgIpc) is 3.62. The standard InChI is InChI=1S/C41H30N2O2/c1-45-25-24-27-22-23-33-32(26-27)42-40-38-36(30-18-10-4-11-19-30)34(28-14-6-2-7-15-28)35(29-16-8-3-9-17-29)37(31-20-12-5-13-21-31)39(38)41(44)43(33)40/h2-23,26H,24-25H2,1H3. The van der Waals surface area contributed by atoms with Crippen molar-refractivity contribution in [1.82, 2.24) is 9.55 Å².